The molecule has 1 unspecified atom stereocenters. The van der Waals surface area contributed by atoms with E-state index in [1.165, 1.54) is 9.80 Å². The van der Waals surface area contributed by atoms with E-state index in [4.69, 9.17) is 11.6 Å². The third kappa shape index (κ3) is 3.68. The van der Waals surface area contributed by atoms with E-state index in [1.807, 2.05) is 0 Å². The molecule has 7 nitrogen and oxygen atoms in total. The number of nitrogens with zero attached hydrogens (tertiary/aromatic N) is 2. The van der Waals surface area contributed by atoms with Crippen molar-refractivity contribution in [2.45, 2.75) is 18.9 Å². The van der Waals surface area contributed by atoms with E-state index >= 15 is 0 Å². The molecule has 2 heterocycles. The zero-order valence-corrected chi connectivity index (χ0v) is 16.9. The Bertz CT molecular complexity index is 1000. The third-order valence-corrected chi connectivity index (χ3v) is 5.58. The smallest absolute Gasteiger partial charge is 0.261 e. The summed E-state index contributed by atoms with van der Waals surface area (Å²) in [6.45, 7) is 0.911. The summed E-state index contributed by atoms with van der Waals surface area (Å²) in [4.78, 5) is 53.0. The molecule has 1 atom stereocenters. The van der Waals surface area contributed by atoms with Crippen molar-refractivity contribution >= 4 is 35.2 Å². The predicted molar refractivity (Wildman–Crippen MR) is 110 cm³/mol. The second kappa shape index (κ2) is 8.28. The molecule has 154 valence electrons. The summed E-state index contributed by atoms with van der Waals surface area (Å²) in [6.07, 6.45) is 0.447. The van der Waals surface area contributed by atoms with Crippen LogP contribution in [-0.4, -0.2) is 53.1 Å². The van der Waals surface area contributed by atoms with Crippen LogP contribution in [0, 0.1) is 0 Å². The molecule has 2 aliphatic heterocycles. The number of rotatable bonds is 5. The van der Waals surface area contributed by atoms with Crippen molar-refractivity contribution in [2.24, 2.45) is 0 Å². The second-order valence-electron chi connectivity index (χ2n) is 7.25. The molecule has 4 amide bonds. The molecule has 30 heavy (non-hydrogen) atoms. The van der Waals surface area contributed by atoms with Gasteiger partial charge in [0.2, 0.25) is 11.8 Å². The first-order chi connectivity index (χ1) is 14.5. The highest BCUT2D eigenvalue weighted by atomic mass is 35.5. The van der Waals surface area contributed by atoms with E-state index < -0.39 is 6.04 Å². The summed E-state index contributed by atoms with van der Waals surface area (Å²) in [5.74, 6) is -1.13. The minimum atomic E-state index is -0.746. The van der Waals surface area contributed by atoms with Crippen molar-refractivity contribution < 1.29 is 19.2 Å². The van der Waals surface area contributed by atoms with Crippen LogP contribution in [0.2, 0.25) is 5.02 Å². The molecular formula is C22H20ClN3O4. The summed E-state index contributed by atoms with van der Waals surface area (Å²) in [6, 6.07) is 12.8. The fourth-order valence-corrected chi connectivity index (χ4v) is 4.12. The van der Waals surface area contributed by atoms with Gasteiger partial charge in [0.05, 0.1) is 11.1 Å². The maximum atomic E-state index is 12.9. The predicted octanol–water partition coefficient (Wildman–Crippen LogP) is 2.42. The number of hydrogen-bond donors (Lipinski definition) is 1. The molecule has 0 radical (unpaired) electrons. The normalized spacial score (nSPS) is 18.4. The third-order valence-electron chi connectivity index (χ3n) is 5.35. The number of piperazine rings is 1. The molecule has 2 aromatic rings. The van der Waals surface area contributed by atoms with Crippen LogP contribution in [0.1, 0.15) is 45.2 Å². The topological polar surface area (TPSA) is 86.8 Å². The Morgan fingerprint density at radius 3 is 2.40 bits per heavy atom. The van der Waals surface area contributed by atoms with E-state index in [-0.39, 0.29) is 36.6 Å². The maximum Gasteiger partial charge on any atom is 0.261 e. The van der Waals surface area contributed by atoms with Crippen LogP contribution < -0.4 is 5.32 Å². The molecule has 0 spiro atoms. The highest BCUT2D eigenvalue weighted by Gasteiger charge is 2.36. The lowest BCUT2D eigenvalue weighted by molar-refractivity contribution is -0.143. The summed E-state index contributed by atoms with van der Waals surface area (Å²) in [5.41, 5.74) is 1.43. The van der Waals surface area contributed by atoms with Gasteiger partial charge in [0.15, 0.2) is 0 Å². The fourth-order valence-electron chi connectivity index (χ4n) is 3.92. The number of nitrogens with one attached hydrogen (secondary N) is 1. The van der Waals surface area contributed by atoms with E-state index in [9.17, 15) is 19.2 Å². The number of benzene rings is 2. The summed E-state index contributed by atoms with van der Waals surface area (Å²) < 4.78 is 0. The fraction of sp³-hybridized carbons (Fsp3) is 0.273. The summed E-state index contributed by atoms with van der Waals surface area (Å²) in [7, 11) is 0. The van der Waals surface area contributed by atoms with Gasteiger partial charge in [-0.3, -0.25) is 24.1 Å². The van der Waals surface area contributed by atoms with Gasteiger partial charge < -0.3 is 10.2 Å². The number of fused-ring (bicyclic) bond motifs is 1. The molecule has 1 fully saturated rings. The largest absolute Gasteiger partial charge is 0.352 e. The van der Waals surface area contributed by atoms with Gasteiger partial charge >= 0.3 is 0 Å². The zero-order valence-electron chi connectivity index (χ0n) is 16.1. The highest BCUT2D eigenvalue weighted by molar-refractivity contribution is 6.30. The SMILES string of the molecule is O=C1NCCN(C(=O)CCCN2C(=O)c3ccccc3C2=O)C1c1cccc(Cl)c1. The molecule has 0 bridgehead atoms. The molecule has 1 N–H and O–H groups in total. The monoisotopic (exact) mass is 425 g/mol. The second-order valence-corrected chi connectivity index (χ2v) is 7.68. The molecule has 0 saturated carbocycles. The number of amides is 4. The Morgan fingerprint density at radius 2 is 1.73 bits per heavy atom. The molecule has 2 aliphatic rings. The number of halogens is 1. The number of hydrogen-bond acceptors (Lipinski definition) is 4. The van der Waals surface area contributed by atoms with Gasteiger partial charge in [-0.2, -0.15) is 0 Å². The lowest BCUT2D eigenvalue weighted by Crippen LogP contribution is -2.52. The van der Waals surface area contributed by atoms with Gasteiger partial charge in [-0.05, 0) is 36.2 Å². The first-order valence-electron chi connectivity index (χ1n) is 9.75. The quantitative estimate of drug-likeness (QED) is 0.745. The van der Waals surface area contributed by atoms with Crippen molar-refractivity contribution in [3.05, 3.63) is 70.2 Å². The van der Waals surface area contributed by atoms with Crippen molar-refractivity contribution in [3.63, 3.8) is 0 Å². The Hall–Kier alpha value is -3.19. The average Bonchev–Trinajstić information content (AvgIpc) is 2.98. The molecule has 0 aromatic heterocycles. The Balaban J connectivity index is 1.41. The Kier molecular flexibility index (Phi) is 5.55. The van der Waals surface area contributed by atoms with Crippen molar-refractivity contribution in [2.75, 3.05) is 19.6 Å². The van der Waals surface area contributed by atoms with E-state index in [2.05, 4.69) is 5.32 Å². The van der Waals surface area contributed by atoms with Gasteiger partial charge in [0.25, 0.3) is 11.8 Å². The molecular weight excluding hydrogens is 406 g/mol. The van der Waals surface area contributed by atoms with Crippen molar-refractivity contribution in [1.29, 1.82) is 0 Å². The van der Waals surface area contributed by atoms with Gasteiger partial charge in [-0.1, -0.05) is 35.9 Å². The minimum Gasteiger partial charge on any atom is -0.352 e. The van der Waals surface area contributed by atoms with Crippen LogP contribution in [0.4, 0.5) is 0 Å². The van der Waals surface area contributed by atoms with Crippen LogP contribution in [-0.2, 0) is 9.59 Å². The van der Waals surface area contributed by atoms with Crippen molar-refractivity contribution in [1.82, 2.24) is 15.1 Å². The van der Waals surface area contributed by atoms with Crippen molar-refractivity contribution in [3.8, 4) is 0 Å². The molecule has 0 aliphatic carbocycles. The van der Waals surface area contributed by atoms with Gasteiger partial charge in [-0.15, -0.1) is 0 Å². The number of imide groups is 1. The van der Waals surface area contributed by atoms with E-state index in [0.717, 1.165) is 0 Å². The first kappa shape index (κ1) is 20.1. The summed E-state index contributed by atoms with van der Waals surface area (Å²) in [5, 5.41) is 3.27. The van der Waals surface area contributed by atoms with E-state index in [0.29, 0.717) is 41.2 Å². The van der Waals surface area contributed by atoms with Gasteiger partial charge in [0.1, 0.15) is 6.04 Å². The lowest BCUT2D eigenvalue weighted by Gasteiger charge is -2.35. The average molecular weight is 426 g/mol. The standard InChI is InChI=1S/C22H20ClN3O4/c23-15-6-3-5-14(13-15)19-20(28)24-10-12-25(19)18(27)9-4-11-26-21(29)16-7-1-2-8-17(16)22(26)30/h1-3,5-8,13,19H,4,9-12H2,(H,24,28). The first-order valence-corrected chi connectivity index (χ1v) is 10.1. The lowest BCUT2D eigenvalue weighted by atomic mass is 10.0. The molecule has 4 rings (SSSR count). The Morgan fingerprint density at radius 1 is 1.03 bits per heavy atom. The molecule has 8 heteroatoms. The number of carbonyl (C=O) groups is 4. The van der Waals surface area contributed by atoms with Crippen LogP contribution in [0.15, 0.2) is 48.5 Å². The molecule has 1 saturated heterocycles. The molecule has 2 aromatic carbocycles. The van der Waals surface area contributed by atoms with Crippen LogP contribution in [0.5, 0.6) is 0 Å². The van der Waals surface area contributed by atoms with Gasteiger partial charge in [0, 0.05) is 31.1 Å². The van der Waals surface area contributed by atoms with Crippen LogP contribution in [0.25, 0.3) is 0 Å². The summed E-state index contributed by atoms with van der Waals surface area (Å²) >= 11 is 6.06. The van der Waals surface area contributed by atoms with Gasteiger partial charge in [-0.25, -0.2) is 0 Å². The maximum absolute atomic E-state index is 12.9. The van der Waals surface area contributed by atoms with Crippen LogP contribution in [0.3, 0.4) is 0 Å². The minimum absolute atomic E-state index is 0.123. The highest BCUT2D eigenvalue weighted by Crippen LogP contribution is 2.27. The zero-order chi connectivity index (χ0) is 21.3. The van der Waals surface area contributed by atoms with Crippen LogP contribution >= 0.6 is 11.6 Å². The van der Waals surface area contributed by atoms with E-state index in [1.54, 1.807) is 48.5 Å². The Labute approximate surface area is 178 Å². The number of carbonyl (C=O) groups excluding carboxylic acids is 4.